The van der Waals surface area contributed by atoms with Gasteiger partial charge in [0.05, 0.1) is 13.0 Å². The second-order valence-corrected chi connectivity index (χ2v) is 8.48. The molecule has 1 rings (SSSR count). The van der Waals surface area contributed by atoms with Crippen molar-refractivity contribution in [3.8, 4) is 0 Å². The van der Waals surface area contributed by atoms with Crippen LogP contribution in [0, 0.1) is 0 Å². The molecule has 0 saturated carbocycles. The van der Waals surface area contributed by atoms with E-state index in [0.717, 1.165) is 0 Å². The van der Waals surface area contributed by atoms with Crippen LogP contribution in [0.5, 0.6) is 0 Å². The lowest BCUT2D eigenvalue weighted by atomic mass is 10.2. The molecule has 1 aliphatic heterocycles. The number of carbonyl (C=O) groups is 1. The van der Waals surface area contributed by atoms with Crippen molar-refractivity contribution < 1.29 is 14.0 Å². The molecule has 1 heterocycles. The SMILES string of the molecule is C[Si](C)(C)OC1CC(=O)CCO1. The van der Waals surface area contributed by atoms with Gasteiger partial charge in [-0.3, -0.25) is 4.79 Å². The molecule has 1 aliphatic rings. The van der Waals surface area contributed by atoms with E-state index in [1.807, 2.05) is 0 Å². The fourth-order valence-electron chi connectivity index (χ4n) is 1.12. The lowest BCUT2D eigenvalue weighted by molar-refractivity contribution is -0.147. The number of ketones is 1. The van der Waals surface area contributed by atoms with Crippen molar-refractivity contribution in [2.75, 3.05) is 6.61 Å². The van der Waals surface area contributed by atoms with Crippen LogP contribution in [-0.4, -0.2) is 27.0 Å². The summed E-state index contributed by atoms with van der Waals surface area (Å²) in [5.74, 6) is 0.254. The number of hydrogen-bond donors (Lipinski definition) is 0. The summed E-state index contributed by atoms with van der Waals surface area (Å²) in [6.45, 7) is 6.80. The monoisotopic (exact) mass is 188 g/mol. The van der Waals surface area contributed by atoms with E-state index in [1.165, 1.54) is 0 Å². The van der Waals surface area contributed by atoms with E-state index in [-0.39, 0.29) is 12.1 Å². The predicted octanol–water partition coefficient (Wildman–Crippen LogP) is 1.54. The van der Waals surface area contributed by atoms with E-state index in [2.05, 4.69) is 19.6 Å². The van der Waals surface area contributed by atoms with E-state index >= 15 is 0 Å². The van der Waals surface area contributed by atoms with Crippen LogP contribution in [0.4, 0.5) is 0 Å². The van der Waals surface area contributed by atoms with Gasteiger partial charge in [0.1, 0.15) is 5.78 Å². The third-order valence-corrected chi connectivity index (χ3v) is 2.53. The smallest absolute Gasteiger partial charge is 0.187 e. The molecule has 1 atom stereocenters. The number of ether oxygens (including phenoxy) is 1. The lowest BCUT2D eigenvalue weighted by Gasteiger charge is -2.28. The third-order valence-electron chi connectivity index (χ3n) is 1.56. The Balaban J connectivity index is 2.37. The van der Waals surface area contributed by atoms with Gasteiger partial charge < -0.3 is 9.16 Å². The average Bonchev–Trinajstić information content (AvgIpc) is 1.82. The number of Topliss-reactive ketones (excluding diaryl/α,β-unsaturated/α-hetero) is 1. The van der Waals surface area contributed by atoms with Gasteiger partial charge in [0, 0.05) is 6.42 Å². The first kappa shape index (κ1) is 9.89. The highest BCUT2D eigenvalue weighted by Crippen LogP contribution is 2.16. The fraction of sp³-hybridized carbons (Fsp3) is 0.875. The second-order valence-electron chi connectivity index (χ2n) is 4.02. The molecule has 0 aliphatic carbocycles. The van der Waals surface area contributed by atoms with Crippen LogP contribution < -0.4 is 0 Å². The van der Waals surface area contributed by atoms with E-state index in [0.29, 0.717) is 19.4 Å². The zero-order chi connectivity index (χ0) is 9.19. The molecule has 0 radical (unpaired) electrons. The van der Waals surface area contributed by atoms with Crippen LogP contribution in [-0.2, 0) is 14.0 Å². The molecule has 4 heteroatoms. The normalized spacial score (nSPS) is 25.9. The fourth-order valence-corrected chi connectivity index (χ4v) is 2.06. The van der Waals surface area contributed by atoms with Crippen molar-refractivity contribution in [3.63, 3.8) is 0 Å². The van der Waals surface area contributed by atoms with Gasteiger partial charge >= 0.3 is 0 Å². The molecule has 0 N–H and O–H groups in total. The molecule has 0 amide bonds. The van der Waals surface area contributed by atoms with Crippen LogP contribution in [0.2, 0.25) is 19.6 Å². The number of carbonyl (C=O) groups excluding carboxylic acids is 1. The molecule has 1 saturated heterocycles. The summed E-state index contributed by atoms with van der Waals surface area (Å²) in [5.41, 5.74) is 0. The molecule has 0 spiro atoms. The molecule has 1 fully saturated rings. The Bertz CT molecular complexity index is 174. The molecule has 3 nitrogen and oxygen atoms in total. The van der Waals surface area contributed by atoms with E-state index in [1.54, 1.807) is 0 Å². The topological polar surface area (TPSA) is 35.5 Å². The Morgan fingerprint density at radius 2 is 2.17 bits per heavy atom. The maximum Gasteiger partial charge on any atom is 0.187 e. The summed E-state index contributed by atoms with van der Waals surface area (Å²) in [5, 5.41) is 0. The van der Waals surface area contributed by atoms with Crippen molar-refractivity contribution in [1.82, 2.24) is 0 Å². The molecule has 0 aromatic carbocycles. The maximum absolute atomic E-state index is 11.0. The Kier molecular flexibility index (Phi) is 3.03. The zero-order valence-corrected chi connectivity index (χ0v) is 8.92. The van der Waals surface area contributed by atoms with Gasteiger partial charge in [0.2, 0.25) is 0 Å². The number of rotatable bonds is 2. The largest absolute Gasteiger partial charge is 0.393 e. The maximum atomic E-state index is 11.0. The highest BCUT2D eigenvalue weighted by molar-refractivity contribution is 6.69. The number of hydrogen-bond acceptors (Lipinski definition) is 3. The summed E-state index contributed by atoms with van der Waals surface area (Å²) in [6.07, 6.45) is 0.716. The predicted molar refractivity (Wildman–Crippen MR) is 48.4 cm³/mol. The highest BCUT2D eigenvalue weighted by Gasteiger charge is 2.26. The Morgan fingerprint density at radius 3 is 2.67 bits per heavy atom. The van der Waals surface area contributed by atoms with Crippen LogP contribution in [0.3, 0.4) is 0 Å². The van der Waals surface area contributed by atoms with Gasteiger partial charge in [0.15, 0.2) is 14.6 Å². The summed E-state index contributed by atoms with van der Waals surface area (Å²) in [6, 6.07) is 0. The molecule has 70 valence electrons. The minimum atomic E-state index is -1.55. The minimum absolute atomic E-state index is 0.254. The summed E-state index contributed by atoms with van der Waals surface area (Å²) < 4.78 is 11.0. The molecule has 0 aromatic rings. The average molecular weight is 188 g/mol. The van der Waals surface area contributed by atoms with Crippen molar-refractivity contribution >= 4 is 14.1 Å². The summed E-state index contributed by atoms with van der Waals surface area (Å²) >= 11 is 0. The van der Waals surface area contributed by atoms with Gasteiger partial charge in [-0.05, 0) is 19.6 Å². The van der Waals surface area contributed by atoms with Gasteiger partial charge in [-0.1, -0.05) is 0 Å². The van der Waals surface area contributed by atoms with E-state index < -0.39 is 8.32 Å². The van der Waals surface area contributed by atoms with Gasteiger partial charge in [-0.2, -0.15) is 0 Å². The molecular formula is C8H16O3Si. The van der Waals surface area contributed by atoms with Crippen molar-refractivity contribution in [3.05, 3.63) is 0 Å². The Hall–Kier alpha value is -0.193. The lowest BCUT2D eigenvalue weighted by Crippen LogP contribution is -2.37. The molecular weight excluding hydrogens is 172 g/mol. The minimum Gasteiger partial charge on any atom is -0.393 e. The van der Waals surface area contributed by atoms with Gasteiger partial charge in [-0.25, -0.2) is 0 Å². The van der Waals surface area contributed by atoms with Crippen molar-refractivity contribution in [1.29, 1.82) is 0 Å². The first-order valence-corrected chi connectivity index (χ1v) is 7.69. The summed E-state index contributed by atoms with van der Waals surface area (Å²) in [7, 11) is -1.55. The molecule has 0 aromatic heterocycles. The van der Waals surface area contributed by atoms with Gasteiger partial charge in [0.25, 0.3) is 0 Å². The Labute approximate surface area is 74.2 Å². The zero-order valence-electron chi connectivity index (χ0n) is 7.92. The van der Waals surface area contributed by atoms with Crippen LogP contribution in [0.15, 0.2) is 0 Å². The summed E-state index contributed by atoms with van der Waals surface area (Å²) in [4.78, 5) is 11.0. The van der Waals surface area contributed by atoms with Gasteiger partial charge in [-0.15, -0.1) is 0 Å². The van der Waals surface area contributed by atoms with Crippen LogP contribution in [0.1, 0.15) is 12.8 Å². The van der Waals surface area contributed by atoms with E-state index in [4.69, 9.17) is 9.16 Å². The van der Waals surface area contributed by atoms with Crippen molar-refractivity contribution in [2.24, 2.45) is 0 Å². The highest BCUT2D eigenvalue weighted by atomic mass is 28.4. The first-order valence-electron chi connectivity index (χ1n) is 4.28. The van der Waals surface area contributed by atoms with Crippen LogP contribution in [0.25, 0.3) is 0 Å². The first-order chi connectivity index (χ1) is 5.47. The van der Waals surface area contributed by atoms with Crippen molar-refractivity contribution in [2.45, 2.75) is 38.8 Å². The third kappa shape index (κ3) is 3.47. The molecule has 12 heavy (non-hydrogen) atoms. The Morgan fingerprint density at radius 1 is 1.50 bits per heavy atom. The standard InChI is InChI=1S/C8H16O3Si/c1-12(2,3)11-8-6-7(9)4-5-10-8/h8H,4-6H2,1-3H3. The quantitative estimate of drug-likeness (QED) is 0.617. The van der Waals surface area contributed by atoms with E-state index in [9.17, 15) is 4.79 Å². The second kappa shape index (κ2) is 3.68. The van der Waals surface area contributed by atoms with Crippen LogP contribution >= 0.6 is 0 Å². The molecule has 1 unspecified atom stereocenters. The molecule has 0 bridgehead atoms.